The van der Waals surface area contributed by atoms with Crippen LogP contribution in [0.4, 0.5) is 0 Å². The number of benzene rings is 1. The average Bonchev–Trinajstić information content (AvgIpc) is 3.37. The van der Waals surface area contributed by atoms with Crippen molar-refractivity contribution in [3.8, 4) is 0 Å². The molecule has 4 saturated carbocycles. The van der Waals surface area contributed by atoms with Crippen LogP contribution in [0, 0.1) is 56.7 Å². The topological polar surface area (TPSA) is 109 Å². The number of nitrogens with two attached hydrogens (primary N) is 1. The van der Waals surface area contributed by atoms with Crippen LogP contribution in [0.1, 0.15) is 115 Å². The minimum atomic E-state index is -0.889. The van der Waals surface area contributed by atoms with Gasteiger partial charge in [0.15, 0.2) is 0 Å². The molecule has 0 bridgehead atoms. The first-order chi connectivity index (χ1) is 21.0. The quantitative estimate of drug-likeness (QED) is 0.286. The molecule has 6 rings (SSSR count). The van der Waals surface area contributed by atoms with Crippen molar-refractivity contribution >= 4 is 23.4 Å². The number of aromatic carboxylic acids is 1. The highest BCUT2D eigenvalue weighted by molar-refractivity contribution is 5.89. The van der Waals surface area contributed by atoms with Crippen molar-refractivity contribution in [2.24, 2.45) is 62.4 Å². The number of hydrogen-bond donors (Lipinski definition) is 3. The molecule has 0 heterocycles. The Balaban J connectivity index is 1.35. The summed E-state index contributed by atoms with van der Waals surface area (Å²) in [5.74, 6) is 0.765. The summed E-state index contributed by atoms with van der Waals surface area (Å²) in [6, 6.07) is 7.46. The van der Waals surface area contributed by atoms with Gasteiger partial charge in [-0.15, -0.1) is 0 Å². The van der Waals surface area contributed by atoms with Gasteiger partial charge < -0.3 is 16.2 Å². The third kappa shape index (κ3) is 4.43. The van der Waals surface area contributed by atoms with E-state index in [1.807, 2.05) is 12.1 Å². The lowest BCUT2D eigenvalue weighted by Gasteiger charge is -2.72. The summed E-state index contributed by atoms with van der Waals surface area (Å²) in [6.07, 6.45) is 11.9. The number of carboxylic acids is 1. The Morgan fingerprint density at radius 3 is 2.22 bits per heavy atom. The minimum Gasteiger partial charge on any atom is -0.478 e. The molecule has 9 atom stereocenters. The normalized spacial score (nSPS) is 41.4. The van der Waals surface area contributed by atoms with Crippen LogP contribution in [0.15, 0.2) is 42.5 Å². The number of carbonyl (C=O) groups is 3. The van der Waals surface area contributed by atoms with Crippen LogP contribution in [0.3, 0.4) is 0 Å². The van der Waals surface area contributed by atoms with Gasteiger partial charge in [-0.3, -0.25) is 9.59 Å². The first-order valence-electron chi connectivity index (χ1n) is 17.3. The van der Waals surface area contributed by atoms with Crippen LogP contribution in [-0.4, -0.2) is 29.4 Å². The third-order valence-electron chi connectivity index (χ3n) is 15.0. The van der Waals surface area contributed by atoms with E-state index in [1.54, 1.807) is 12.1 Å². The number of fused-ring (bicyclic) bond motifs is 7. The van der Waals surface area contributed by atoms with Crippen molar-refractivity contribution in [2.75, 3.05) is 6.54 Å². The fraction of sp³-hybridized carbons (Fsp3) is 0.667. The smallest absolute Gasteiger partial charge is 0.335 e. The van der Waals surface area contributed by atoms with Crippen molar-refractivity contribution in [3.63, 3.8) is 0 Å². The molecule has 1 aromatic carbocycles. The van der Waals surface area contributed by atoms with E-state index < -0.39 is 17.3 Å². The van der Waals surface area contributed by atoms with Gasteiger partial charge in [0.2, 0.25) is 11.8 Å². The summed E-state index contributed by atoms with van der Waals surface area (Å²) in [6.45, 7) is 19.1. The van der Waals surface area contributed by atoms with Crippen LogP contribution in [-0.2, 0) is 9.59 Å². The fourth-order valence-corrected chi connectivity index (χ4v) is 12.8. The van der Waals surface area contributed by atoms with Gasteiger partial charge in [0.1, 0.15) is 0 Å². The van der Waals surface area contributed by atoms with Gasteiger partial charge in [-0.2, -0.15) is 0 Å². The number of carbonyl (C=O) groups excluding carboxylic acids is 2. The van der Waals surface area contributed by atoms with Crippen molar-refractivity contribution in [3.05, 3.63) is 53.6 Å². The minimum absolute atomic E-state index is 0.0307. The summed E-state index contributed by atoms with van der Waals surface area (Å²) in [5.41, 5.74) is 9.41. The first-order valence-corrected chi connectivity index (χ1v) is 17.3. The molecule has 6 heteroatoms. The van der Waals surface area contributed by atoms with Crippen LogP contribution < -0.4 is 11.1 Å². The Bertz CT molecular complexity index is 1460. The predicted molar refractivity (Wildman–Crippen MR) is 178 cm³/mol. The van der Waals surface area contributed by atoms with Crippen molar-refractivity contribution in [2.45, 2.75) is 99.3 Å². The van der Waals surface area contributed by atoms with E-state index in [-0.39, 0.29) is 40.0 Å². The van der Waals surface area contributed by atoms with Crippen molar-refractivity contribution in [1.82, 2.24) is 5.32 Å². The lowest BCUT2D eigenvalue weighted by atomic mass is 9.32. The summed E-state index contributed by atoms with van der Waals surface area (Å²) < 4.78 is 0. The van der Waals surface area contributed by atoms with Crippen LogP contribution in [0.25, 0.3) is 5.57 Å². The molecule has 0 radical (unpaired) electrons. The number of hydrogen-bond acceptors (Lipinski definition) is 3. The van der Waals surface area contributed by atoms with E-state index >= 15 is 0 Å². The standard InChI is InChI=1S/C39H54N2O4/c1-23(2)26-14-19-39(34(45)41-22-31(40)42)21-20-37(6)28(32(26)39)12-13-30-36(5)17-15-27(24-8-10-25(11-9-24)33(43)44)35(3,4)29(36)16-18-38(30,37)7/h8-11,15,26,28-30,32H,1,12-14,16-22H2,2-7H3,(H2,40,42)(H,41,45)(H,43,44)/t26-,28?,29?,30?,32?,36-,37+,38+,39-/m0/s1. The van der Waals surface area contributed by atoms with E-state index in [2.05, 4.69) is 59.5 Å². The van der Waals surface area contributed by atoms with Gasteiger partial charge in [-0.25, -0.2) is 4.79 Å². The van der Waals surface area contributed by atoms with Crippen molar-refractivity contribution < 1.29 is 19.5 Å². The maximum atomic E-state index is 13.9. The number of carboxylic acid groups (broad SMARTS) is 1. The summed E-state index contributed by atoms with van der Waals surface area (Å²) in [7, 11) is 0. The van der Waals surface area contributed by atoms with Crippen LogP contribution in [0.2, 0.25) is 0 Å². The molecular formula is C39H54N2O4. The molecule has 0 spiro atoms. The summed E-state index contributed by atoms with van der Waals surface area (Å²) in [4.78, 5) is 37.1. The van der Waals surface area contributed by atoms with Gasteiger partial charge in [0, 0.05) is 0 Å². The number of rotatable bonds is 6. The lowest BCUT2D eigenvalue weighted by Crippen LogP contribution is -2.66. The second kappa shape index (κ2) is 10.6. The summed E-state index contributed by atoms with van der Waals surface area (Å²) in [5, 5.41) is 12.4. The molecule has 6 nitrogen and oxygen atoms in total. The number of amides is 2. The van der Waals surface area contributed by atoms with E-state index in [9.17, 15) is 19.5 Å². The van der Waals surface area contributed by atoms with E-state index in [4.69, 9.17) is 5.73 Å². The Morgan fingerprint density at radius 1 is 0.911 bits per heavy atom. The monoisotopic (exact) mass is 614 g/mol. The Morgan fingerprint density at radius 2 is 1.60 bits per heavy atom. The average molecular weight is 615 g/mol. The maximum Gasteiger partial charge on any atom is 0.335 e. The number of allylic oxidation sites excluding steroid dienone is 3. The molecule has 2 amide bonds. The highest BCUT2D eigenvalue weighted by Crippen LogP contribution is 2.77. The Kier molecular flexibility index (Phi) is 7.53. The molecule has 244 valence electrons. The molecule has 5 aliphatic carbocycles. The highest BCUT2D eigenvalue weighted by atomic mass is 16.4. The number of primary amides is 1. The predicted octanol–water partition coefficient (Wildman–Crippen LogP) is 7.64. The fourth-order valence-electron chi connectivity index (χ4n) is 12.8. The van der Waals surface area contributed by atoms with Gasteiger partial charge in [0.25, 0.3) is 0 Å². The zero-order chi connectivity index (χ0) is 32.7. The molecular weight excluding hydrogens is 560 g/mol. The second-order valence-corrected chi connectivity index (χ2v) is 16.9. The van der Waals surface area contributed by atoms with E-state index in [0.29, 0.717) is 29.2 Å². The molecule has 1 aromatic rings. The lowest BCUT2D eigenvalue weighted by molar-refractivity contribution is -0.225. The zero-order valence-corrected chi connectivity index (χ0v) is 28.3. The molecule has 4 fully saturated rings. The molecule has 0 saturated heterocycles. The Labute approximate surface area is 269 Å². The maximum absolute atomic E-state index is 13.9. The van der Waals surface area contributed by atoms with Crippen LogP contribution in [0.5, 0.6) is 0 Å². The molecule has 0 aromatic heterocycles. The second-order valence-electron chi connectivity index (χ2n) is 16.9. The third-order valence-corrected chi connectivity index (χ3v) is 15.0. The first kappa shape index (κ1) is 32.1. The largest absolute Gasteiger partial charge is 0.478 e. The van der Waals surface area contributed by atoms with Gasteiger partial charge >= 0.3 is 5.97 Å². The number of nitrogens with one attached hydrogen (secondary N) is 1. The van der Waals surface area contributed by atoms with E-state index in [0.717, 1.165) is 44.1 Å². The van der Waals surface area contributed by atoms with Gasteiger partial charge in [0.05, 0.1) is 17.5 Å². The molecule has 4 N–H and O–H groups in total. The van der Waals surface area contributed by atoms with Gasteiger partial charge in [-0.1, -0.05) is 65.0 Å². The molecule has 4 unspecified atom stereocenters. The van der Waals surface area contributed by atoms with Crippen LogP contribution >= 0.6 is 0 Å². The molecule has 45 heavy (non-hydrogen) atoms. The SMILES string of the molecule is C=C(C)[C@@H]1CC[C@]2(C(=O)NCC(N)=O)CC[C@]3(C)C(CCC4[C@@]5(C)CC=C(c6ccc(C(=O)O)cc6)C(C)(C)C5CC[C@]43C)C12. The molecule has 5 aliphatic rings. The Hall–Kier alpha value is -2.89. The van der Waals surface area contributed by atoms with Gasteiger partial charge in [-0.05, 0) is 139 Å². The van der Waals surface area contributed by atoms with Crippen molar-refractivity contribution in [1.29, 1.82) is 0 Å². The zero-order valence-electron chi connectivity index (χ0n) is 28.3. The molecule has 0 aliphatic heterocycles. The summed E-state index contributed by atoms with van der Waals surface area (Å²) >= 11 is 0. The van der Waals surface area contributed by atoms with E-state index in [1.165, 1.54) is 30.4 Å². The highest BCUT2D eigenvalue weighted by Gasteiger charge is 2.71.